The molecule has 6 nitrogen and oxygen atoms in total. The van der Waals surface area contributed by atoms with E-state index in [1.165, 1.54) is 0 Å². The summed E-state index contributed by atoms with van der Waals surface area (Å²) in [6, 6.07) is 11.1. The molecular weight excluding hydrogens is 316 g/mol. The van der Waals surface area contributed by atoms with Gasteiger partial charge in [0.25, 0.3) is 5.91 Å². The van der Waals surface area contributed by atoms with Crippen molar-refractivity contribution in [1.82, 2.24) is 15.1 Å². The van der Waals surface area contributed by atoms with Crippen molar-refractivity contribution >= 4 is 17.6 Å². The number of carbonyl (C=O) groups is 2. The molecule has 1 aromatic heterocycles. The molecule has 25 heavy (non-hydrogen) atoms. The van der Waals surface area contributed by atoms with Crippen LogP contribution in [0, 0.1) is 5.92 Å². The molecule has 1 fully saturated rings. The second-order valence-corrected chi connectivity index (χ2v) is 6.81. The highest BCUT2D eigenvalue weighted by molar-refractivity contribution is 5.96. The normalized spacial score (nSPS) is 17.6. The van der Waals surface area contributed by atoms with Crippen molar-refractivity contribution in [2.45, 2.75) is 32.6 Å². The molecule has 2 heterocycles. The fraction of sp³-hybridized carbons (Fsp3) is 0.421. The van der Waals surface area contributed by atoms with Crippen molar-refractivity contribution in [2.24, 2.45) is 5.92 Å². The number of aromatic nitrogens is 2. The first-order valence-electron chi connectivity index (χ1n) is 8.75. The van der Waals surface area contributed by atoms with Gasteiger partial charge in [-0.05, 0) is 30.9 Å². The van der Waals surface area contributed by atoms with E-state index in [2.05, 4.69) is 29.4 Å². The lowest BCUT2D eigenvalue weighted by Gasteiger charge is -2.32. The molecule has 0 aliphatic carbocycles. The van der Waals surface area contributed by atoms with Crippen LogP contribution in [0.5, 0.6) is 0 Å². The molecular formula is C19H24N4O2. The van der Waals surface area contributed by atoms with Gasteiger partial charge < -0.3 is 10.2 Å². The van der Waals surface area contributed by atoms with Crippen molar-refractivity contribution < 1.29 is 9.59 Å². The van der Waals surface area contributed by atoms with Gasteiger partial charge in [-0.3, -0.25) is 14.7 Å². The van der Waals surface area contributed by atoms with E-state index in [-0.39, 0.29) is 17.7 Å². The Morgan fingerprint density at radius 2 is 2.04 bits per heavy atom. The molecule has 132 valence electrons. The number of carbonyl (C=O) groups excluding carboxylic acids is 2. The predicted molar refractivity (Wildman–Crippen MR) is 96.4 cm³/mol. The molecule has 0 unspecified atom stereocenters. The molecule has 3 rings (SSSR count). The first-order valence-corrected chi connectivity index (χ1v) is 8.75. The van der Waals surface area contributed by atoms with Crippen molar-refractivity contribution in [3.05, 3.63) is 47.7 Å². The highest BCUT2D eigenvalue weighted by Gasteiger charge is 2.29. The summed E-state index contributed by atoms with van der Waals surface area (Å²) in [4.78, 5) is 26.9. The summed E-state index contributed by atoms with van der Waals surface area (Å²) >= 11 is 0. The van der Waals surface area contributed by atoms with Crippen LogP contribution in [0.15, 0.2) is 36.4 Å². The molecule has 0 radical (unpaired) electrons. The minimum Gasteiger partial charge on any atom is -0.338 e. The van der Waals surface area contributed by atoms with Gasteiger partial charge in [-0.2, -0.15) is 5.10 Å². The van der Waals surface area contributed by atoms with Crippen LogP contribution in [-0.4, -0.2) is 40.0 Å². The van der Waals surface area contributed by atoms with Gasteiger partial charge in [-0.25, -0.2) is 0 Å². The van der Waals surface area contributed by atoms with E-state index in [0.29, 0.717) is 30.4 Å². The van der Waals surface area contributed by atoms with Crippen molar-refractivity contribution in [3.8, 4) is 0 Å². The molecule has 0 spiro atoms. The van der Waals surface area contributed by atoms with Crippen LogP contribution in [0.1, 0.15) is 48.7 Å². The summed E-state index contributed by atoms with van der Waals surface area (Å²) in [7, 11) is 0. The van der Waals surface area contributed by atoms with E-state index in [1.54, 1.807) is 4.90 Å². The molecule has 6 heteroatoms. The van der Waals surface area contributed by atoms with Crippen LogP contribution in [0.4, 0.5) is 5.82 Å². The molecule has 1 aliphatic rings. The lowest BCUT2D eigenvalue weighted by molar-refractivity contribution is -0.121. The summed E-state index contributed by atoms with van der Waals surface area (Å²) in [6.45, 7) is 5.26. The van der Waals surface area contributed by atoms with E-state index in [4.69, 9.17) is 0 Å². The summed E-state index contributed by atoms with van der Waals surface area (Å²) in [6.07, 6.45) is 1.61. The van der Waals surface area contributed by atoms with E-state index >= 15 is 0 Å². The predicted octanol–water partition coefficient (Wildman–Crippen LogP) is 3.02. The Morgan fingerprint density at radius 1 is 1.28 bits per heavy atom. The molecule has 0 saturated carbocycles. The second-order valence-electron chi connectivity index (χ2n) is 6.81. The summed E-state index contributed by atoms with van der Waals surface area (Å²) < 4.78 is 0. The lowest BCUT2D eigenvalue weighted by atomic mass is 9.96. The van der Waals surface area contributed by atoms with Crippen LogP contribution in [0.2, 0.25) is 0 Å². The third kappa shape index (κ3) is 4.07. The minimum atomic E-state index is -0.208. The van der Waals surface area contributed by atoms with Gasteiger partial charge in [-0.15, -0.1) is 0 Å². The van der Waals surface area contributed by atoms with Gasteiger partial charge in [0.15, 0.2) is 5.82 Å². The number of nitrogens with one attached hydrogen (secondary N) is 2. The SMILES string of the molecule is CC(C)c1cc(NC(=O)[C@@H]2CCCN(C(=O)c3ccccc3)C2)n[nH]1. The molecule has 0 bridgehead atoms. The second kappa shape index (κ2) is 7.51. The zero-order valence-corrected chi connectivity index (χ0v) is 14.7. The first-order chi connectivity index (χ1) is 12.0. The topological polar surface area (TPSA) is 78.1 Å². The van der Waals surface area contributed by atoms with Crippen molar-refractivity contribution in [3.63, 3.8) is 0 Å². The van der Waals surface area contributed by atoms with Gasteiger partial charge in [0.1, 0.15) is 0 Å². The zero-order valence-electron chi connectivity index (χ0n) is 14.7. The molecule has 2 amide bonds. The Kier molecular flexibility index (Phi) is 5.16. The van der Waals surface area contributed by atoms with Gasteiger partial charge in [0.05, 0.1) is 5.92 Å². The first kappa shape index (κ1) is 17.2. The maximum Gasteiger partial charge on any atom is 0.253 e. The molecule has 1 saturated heterocycles. The highest BCUT2D eigenvalue weighted by Crippen LogP contribution is 2.21. The molecule has 1 aliphatic heterocycles. The van der Waals surface area contributed by atoms with Gasteiger partial charge in [0.2, 0.25) is 5.91 Å². The maximum absolute atomic E-state index is 12.6. The summed E-state index contributed by atoms with van der Waals surface area (Å²) in [5.74, 6) is 0.569. The quantitative estimate of drug-likeness (QED) is 0.898. The number of anilines is 1. The average molecular weight is 340 g/mol. The number of nitrogens with zero attached hydrogens (tertiary/aromatic N) is 2. The lowest BCUT2D eigenvalue weighted by Crippen LogP contribution is -2.43. The fourth-order valence-electron chi connectivity index (χ4n) is 3.06. The number of benzene rings is 1. The van der Waals surface area contributed by atoms with Crippen LogP contribution >= 0.6 is 0 Å². The van der Waals surface area contributed by atoms with Crippen LogP contribution < -0.4 is 5.32 Å². The summed E-state index contributed by atoms with van der Waals surface area (Å²) in [5, 5.41) is 9.94. The van der Waals surface area contributed by atoms with Crippen LogP contribution in [0.25, 0.3) is 0 Å². The molecule has 2 aromatic rings. The Hall–Kier alpha value is -2.63. The standard InChI is InChI=1S/C19H24N4O2/c1-13(2)16-11-17(22-21-16)20-18(24)15-9-6-10-23(12-15)19(25)14-7-4-3-5-8-14/h3-5,7-8,11,13,15H,6,9-10,12H2,1-2H3,(H2,20,21,22,24)/t15-/m1/s1. The number of amides is 2. The number of hydrogen-bond donors (Lipinski definition) is 2. The molecule has 1 atom stereocenters. The van der Waals surface area contributed by atoms with Gasteiger partial charge in [0, 0.05) is 30.4 Å². The van der Waals surface area contributed by atoms with Gasteiger partial charge >= 0.3 is 0 Å². The Balaban J connectivity index is 1.62. The van der Waals surface area contributed by atoms with Crippen LogP contribution in [-0.2, 0) is 4.79 Å². The van der Waals surface area contributed by atoms with Crippen LogP contribution in [0.3, 0.4) is 0 Å². The maximum atomic E-state index is 12.6. The zero-order chi connectivity index (χ0) is 17.8. The monoisotopic (exact) mass is 340 g/mol. The molecule has 2 N–H and O–H groups in total. The smallest absolute Gasteiger partial charge is 0.253 e. The van der Waals surface area contributed by atoms with E-state index in [1.807, 2.05) is 36.4 Å². The number of aromatic amines is 1. The fourth-order valence-corrected chi connectivity index (χ4v) is 3.06. The van der Waals surface area contributed by atoms with Crippen molar-refractivity contribution in [2.75, 3.05) is 18.4 Å². The summed E-state index contributed by atoms with van der Waals surface area (Å²) in [5.41, 5.74) is 1.65. The number of piperidine rings is 1. The Bertz CT molecular complexity index is 739. The van der Waals surface area contributed by atoms with E-state index in [0.717, 1.165) is 18.5 Å². The third-order valence-corrected chi connectivity index (χ3v) is 4.57. The Labute approximate surface area is 147 Å². The molecule has 1 aromatic carbocycles. The number of hydrogen-bond acceptors (Lipinski definition) is 3. The number of rotatable bonds is 4. The minimum absolute atomic E-state index is 0.0139. The van der Waals surface area contributed by atoms with E-state index < -0.39 is 0 Å². The average Bonchev–Trinajstić information content (AvgIpc) is 3.11. The highest BCUT2D eigenvalue weighted by atomic mass is 16.2. The Morgan fingerprint density at radius 3 is 2.72 bits per heavy atom. The van der Waals surface area contributed by atoms with Gasteiger partial charge in [-0.1, -0.05) is 32.0 Å². The number of likely N-dealkylation sites (tertiary alicyclic amines) is 1. The number of H-pyrrole nitrogens is 1. The van der Waals surface area contributed by atoms with Crippen molar-refractivity contribution in [1.29, 1.82) is 0 Å². The van der Waals surface area contributed by atoms with E-state index in [9.17, 15) is 9.59 Å². The largest absolute Gasteiger partial charge is 0.338 e. The third-order valence-electron chi connectivity index (χ3n) is 4.57.